The number of para-hydroxylation sites is 1. The van der Waals surface area contributed by atoms with E-state index in [0.717, 1.165) is 0 Å². The van der Waals surface area contributed by atoms with Crippen molar-refractivity contribution in [2.45, 2.75) is 17.7 Å². The number of benzene rings is 2. The molecule has 1 aromatic heterocycles. The van der Waals surface area contributed by atoms with Crippen LogP contribution in [-0.2, 0) is 19.8 Å². The topological polar surface area (TPSA) is 61.2 Å². The molecule has 0 amide bonds. The summed E-state index contributed by atoms with van der Waals surface area (Å²) >= 11 is -1.27. The Bertz CT molecular complexity index is 1200. The normalized spacial score (nSPS) is 13.5. The third-order valence-corrected chi connectivity index (χ3v) is 10.1. The van der Waals surface area contributed by atoms with Crippen molar-refractivity contribution in [2.24, 2.45) is 0 Å². The molecule has 0 bridgehead atoms. The van der Waals surface area contributed by atoms with Gasteiger partial charge in [0.2, 0.25) is 0 Å². The van der Waals surface area contributed by atoms with E-state index in [-0.39, 0.29) is 22.8 Å². The number of aromatic nitrogens is 2. The Morgan fingerprint density at radius 1 is 1.14 bits per heavy atom. The predicted molar refractivity (Wildman–Crippen MR) is 95.7 cm³/mol. The van der Waals surface area contributed by atoms with Crippen molar-refractivity contribution in [1.82, 2.24) is 9.78 Å². The van der Waals surface area contributed by atoms with Gasteiger partial charge in [-0.3, -0.25) is 0 Å². The number of alkyl halides is 3. The first kappa shape index (κ1) is 20.0. The Kier molecular flexibility index (Phi) is 4.93. The maximum atomic E-state index is 13.6. The van der Waals surface area contributed by atoms with Crippen LogP contribution >= 0.6 is 0 Å². The molecular formula is C19H13F3IN2O3S-. The molecule has 1 aliphatic rings. The van der Waals surface area contributed by atoms with Crippen LogP contribution in [0.3, 0.4) is 0 Å². The first-order valence-corrected chi connectivity index (χ1v) is 13.5. The van der Waals surface area contributed by atoms with E-state index >= 15 is 0 Å². The van der Waals surface area contributed by atoms with E-state index < -0.39 is 38.7 Å². The Morgan fingerprint density at radius 3 is 2.48 bits per heavy atom. The molecule has 2 heterocycles. The average Bonchev–Trinajstić information content (AvgIpc) is 3.09. The Balaban J connectivity index is 1.90. The molecular weight excluding hydrogens is 520 g/mol. The van der Waals surface area contributed by atoms with Gasteiger partial charge in [-0.1, -0.05) is 0 Å². The number of fused-ring (bicyclic) bond motifs is 3. The van der Waals surface area contributed by atoms with Gasteiger partial charge in [-0.05, 0) is 0 Å². The summed E-state index contributed by atoms with van der Waals surface area (Å²) in [4.78, 5) is 0.106. The minimum absolute atomic E-state index is 0.0505. The summed E-state index contributed by atoms with van der Waals surface area (Å²) in [7, 11) is -3.43. The molecule has 0 saturated carbocycles. The summed E-state index contributed by atoms with van der Waals surface area (Å²) in [6, 6.07) is 12.4. The van der Waals surface area contributed by atoms with Crippen LogP contribution < -0.4 is 24.6 Å². The number of nitrogens with zero attached hydrogens (tertiary/aromatic N) is 2. The second kappa shape index (κ2) is 7.17. The van der Waals surface area contributed by atoms with Crippen molar-refractivity contribution in [2.75, 3.05) is 0 Å². The first-order valence-electron chi connectivity index (χ1n) is 8.25. The van der Waals surface area contributed by atoms with Gasteiger partial charge >= 0.3 is 174 Å². The molecule has 0 unspecified atom stereocenters. The molecule has 0 radical (unpaired) electrons. The van der Waals surface area contributed by atoms with Gasteiger partial charge < -0.3 is 0 Å². The van der Waals surface area contributed by atoms with Crippen molar-refractivity contribution < 1.29 is 46.1 Å². The van der Waals surface area contributed by atoms with Crippen LogP contribution in [0.25, 0.3) is 16.9 Å². The number of halogens is 4. The second-order valence-corrected chi connectivity index (χ2v) is 13.5. The quantitative estimate of drug-likeness (QED) is 0.376. The van der Waals surface area contributed by atoms with Gasteiger partial charge in [0.15, 0.2) is 0 Å². The molecule has 0 atom stereocenters. The number of rotatable bonds is 4. The fraction of sp³-hybridized carbons (Fsp3) is 0.105. The second-order valence-electron chi connectivity index (χ2n) is 6.05. The Morgan fingerprint density at radius 2 is 1.83 bits per heavy atom. The van der Waals surface area contributed by atoms with Crippen LogP contribution in [0.15, 0.2) is 64.1 Å². The van der Waals surface area contributed by atoms with Crippen LogP contribution in [-0.4, -0.2) is 18.2 Å². The summed E-state index contributed by atoms with van der Waals surface area (Å²) in [5.74, 6) is 0.463. The molecule has 29 heavy (non-hydrogen) atoms. The van der Waals surface area contributed by atoms with E-state index in [1.165, 1.54) is 33.0 Å². The molecule has 0 aliphatic carbocycles. The monoisotopic (exact) mass is 533 g/mol. The van der Waals surface area contributed by atoms with Gasteiger partial charge in [-0.25, -0.2) is 0 Å². The van der Waals surface area contributed by atoms with Gasteiger partial charge in [-0.15, -0.1) is 0 Å². The van der Waals surface area contributed by atoms with E-state index in [1.54, 1.807) is 24.3 Å². The van der Waals surface area contributed by atoms with Gasteiger partial charge in [0, 0.05) is 0 Å². The molecule has 5 nitrogen and oxygen atoms in total. The van der Waals surface area contributed by atoms with E-state index in [4.69, 9.17) is 4.74 Å². The number of hydrogen-bond donors (Lipinski definition) is 0. The van der Waals surface area contributed by atoms with Crippen molar-refractivity contribution in [3.63, 3.8) is 0 Å². The fourth-order valence-corrected chi connectivity index (χ4v) is 7.01. The van der Waals surface area contributed by atoms with E-state index in [9.17, 15) is 21.6 Å². The molecule has 1 aliphatic heterocycles. The van der Waals surface area contributed by atoms with Crippen molar-refractivity contribution in [3.05, 3.63) is 70.5 Å². The fourth-order valence-electron chi connectivity index (χ4n) is 3.10. The zero-order chi connectivity index (χ0) is 20.8. The van der Waals surface area contributed by atoms with E-state index in [0.29, 0.717) is 17.0 Å². The minimum atomic E-state index is -4.65. The molecule has 0 fully saturated rings. The van der Waals surface area contributed by atoms with Crippen LogP contribution in [0.2, 0.25) is 0 Å². The summed E-state index contributed by atoms with van der Waals surface area (Å²) in [6.07, 6.45) is -4.65. The van der Waals surface area contributed by atoms with Gasteiger partial charge in [0.1, 0.15) is 0 Å². The molecule has 4 rings (SSSR count). The van der Waals surface area contributed by atoms with Gasteiger partial charge in [0.05, 0.1) is 0 Å². The summed E-state index contributed by atoms with van der Waals surface area (Å²) in [6.45, 7) is 3.22. The van der Waals surface area contributed by atoms with Crippen LogP contribution in [0.5, 0.6) is 5.75 Å². The average molecular weight is 533 g/mol. The van der Waals surface area contributed by atoms with E-state index in [1.807, 2.05) is 0 Å². The molecule has 10 heteroatoms. The summed E-state index contributed by atoms with van der Waals surface area (Å²) in [5, 5.41) is 3.81. The van der Waals surface area contributed by atoms with E-state index in [2.05, 4.69) is 11.7 Å². The molecule has 152 valence electrons. The van der Waals surface area contributed by atoms with Crippen LogP contribution in [0.4, 0.5) is 13.2 Å². The van der Waals surface area contributed by atoms with Gasteiger partial charge in [-0.2, -0.15) is 0 Å². The summed E-state index contributed by atoms with van der Waals surface area (Å²) < 4.78 is 73.2. The number of ether oxygens (including phenoxy) is 1. The van der Waals surface area contributed by atoms with Crippen LogP contribution in [0, 0.1) is 0 Å². The molecule has 0 spiro atoms. The van der Waals surface area contributed by atoms with Crippen molar-refractivity contribution in [1.29, 1.82) is 0 Å². The standard InChI is InChI=1S/C19H13F3IN2O3S/c1-2-23-29(26,27)13-9-7-12(8-10-13)25-17-14-5-3-4-6-16(14)28-11-15(17)18(24-25)19(20,21)22/h2-10H,1,11H2/q-1. The maximum absolute atomic E-state index is 13.6. The zero-order valence-corrected chi connectivity index (χ0v) is 17.6. The SMILES string of the molecule is C=C[I-]S(=O)(=O)c1ccc(-n2nc(C(F)(F)F)c3c2-c2ccccc2OC3)cc1. The molecule has 0 N–H and O–H groups in total. The Hall–Kier alpha value is -2.34. The van der Waals surface area contributed by atoms with Gasteiger partial charge in [0.25, 0.3) is 0 Å². The molecule has 3 aromatic rings. The molecule has 2 aromatic carbocycles. The number of hydrogen-bond acceptors (Lipinski definition) is 4. The zero-order valence-electron chi connectivity index (χ0n) is 14.6. The van der Waals surface area contributed by atoms with Crippen molar-refractivity contribution in [3.8, 4) is 22.7 Å². The Labute approximate surface area is 173 Å². The third-order valence-electron chi connectivity index (χ3n) is 4.31. The van der Waals surface area contributed by atoms with Crippen molar-refractivity contribution >= 4 is 7.01 Å². The third kappa shape index (κ3) is 3.54. The molecule has 0 saturated heterocycles. The predicted octanol–water partition coefficient (Wildman–Crippen LogP) is 1.37. The first-order chi connectivity index (χ1) is 13.7. The summed E-state index contributed by atoms with van der Waals surface area (Å²) in [5.41, 5.74) is 0.0325. The van der Waals surface area contributed by atoms with Crippen LogP contribution in [0.1, 0.15) is 11.3 Å².